The predicted molar refractivity (Wildman–Crippen MR) is 121 cm³/mol. The molecule has 0 bridgehead atoms. The van der Waals surface area contributed by atoms with E-state index in [-0.39, 0.29) is 49.6 Å². The molecule has 0 aliphatic carbocycles. The minimum Gasteiger partial charge on any atom is -1.00 e. The number of aryl methyl sites for hydroxylation is 6. The van der Waals surface area contributed by atoms with Crippen molar-refractivity contribution >= 4 is 0 Å². The van der Waals surface area contributed by atoms with E-state index in [4.69, 9.17) is 0 Å². The number of hydrogen-bond donors (Lipinski definition) is 0. The fourth-order valence-electron chi connectivity index (χ4n) is 4.08. The van der Waals surface area contributed by atoms with Crippen LogP contribution in [-0.2, 0) is 27.2 Å². The topological polar surface area (TPSA) is 15.5 Å². The molecule has 8 heteroatoms. The summed E-state index contributed by atoms with van der Waals surface area (Å²) in [5.41, 5.74) is 7.74. The highest BCUT2D eigenvalue weighted by atomic mass is 35.5. The van der Waals surface area contributed by atoms with Crippen LogP contribution in [0.2, 0.25) is 0 Å². The molecule has 0 aliphatic rings. The van der Waals surface area contributed by atoms with Gasteiger partial charge in [-0.25, -0.2) is 18.3 Å². The summed E-state index contributed by atoms with van der Waals surface area (Å²) < 4.78 is 8.72. The number of pyridine rings is 4. The van der Waals surface area contributed by atoms with Crippen LogP contribution in [-0.4, -0.2) is 0 Å². The first kappa shape index (κ1) is 32.8. The molecule has 0 atom stereocenters. The molecule has 35 heavy (non-hydrogen) atoms. The Kier molecular flexibility index (Phi) is 14.0. The molecular weight excluding hydrogens is 522 g/mol. The van der Waals surface area contributed by atoms with Crippen molar-refractivity contribution in [1.82, 2.24) is 0 Å². The highest BCUT2D eigenvalue weighted by molar-refractivity contribution is 5.68. The SMILES string of the molecule is Cc1c[n+](C)ccc1-c1cc[n+](CCC[n+]2ccc(-c3cc[n+](C)cc3)cc2)cc1C.[Cl-].[Cl-].[Cl-].[Cl-]. The average Bonchev–Trinajstić information content (AvgIpc) is 2.76. The van der Waals surface area contributed by atoms with Gasteiger partial charge in [0.15, 0.2) is 62.7 Å². The van der Waals surface area contributed by atoms with E-state index in [9.17, 15) is 0 Å². The maximum Gasteiger partial charge on any atom is 0.172 e. The Hall–Kier alpha value is -2.24. The van der Waals surface area contributed by atoms with E-state index >= 15 is 0 Å². The molecule has 4 heterocycles. The first-order valence-corrected chi connectivity index (χ1v) is 10.9. The molecule has 0 saturated heterocycles. The molecule has 0 spiro atoms. The summed E-state index contributed by atoms with van der Waals surface area (Å²) in [7, 11) is 4.11. The molecule has 0 unspecified atom stereocenters. The van der Waals surface area contributed by atoms with E-state index < -0.39 is 0 Å². The van der Waals surface area contributed by atoms with E-state index in [2.05, 4.69) is 125 Å². The van der Waals surface area contributed by atoms with Gasteiger partial charge < -0.3 is 49.6 Å². The van der Waals surface area contributed by atoms with Crippen molar-refractivity contribution in [3.63, 3.8) is 0 Å². The predicted octanol–water partition coefficient (Wildman–Crippen LogP) is -9.03. The van der Waals surface area contributed by atoms with E-state index in [1.807, 2.05) is 7.05 Å². The number of halogens is 4. The van der Waals surface area contributed by atoms with Crippen LogP contribution < -0.4 is 67.9 Å². The minimum atomic E-state index is 0. The Morgan fingerprint density at radius 3 is 1.49 bits per heavy atom. The molecule has 0 N–H and O–H groups in total. The van der Waals surface area contributed by atoms with Crippen LogP contribution in [0.5, 0.6) is 0 Å². The summed E-state index contributed by atoms with van der Waals surface area (Å²) >= 11 is 0. The van der Waals surface area contributed by atoms with E-state index in [1.165, 1.54) is 33.4 Å². The Bertz CT molecular complexity index is 1200. The third kappa shape index (κ3) is 8.43. The molecule has 4 aromatic rings. The van der Waals surface area contributed by atoms with Crippen LogP contribution in [0.4, 0.5) is 0 Å². The van der Waals surface area contributed by atoms with Crippen molar-refractivity contribution in [2.75, 3.05) is 0 Å². The largest absolute Gasteiger partial charge is 1.00 e. The summed E-state index contributed by atoms with van der Waals surface area (Å²) in [6.45, 7) is 6.39. The van der Waals surface area contributed by atoms with Gasteiger partial charge in [0, 0.05) is 47.5 Å². The molecular formula is C27H32Cl4N4. The summed E-state index contributed by atoms with van der Waals surface area (Å²) in [6.07, 6.45) is 18.4. The van der Waals surface area contributed by atoms with Gasteiger partial charge in [-0.05, 0) is 36.1 Å². The third-order valence-corrected chi connectivity index (χ3v) is 5.84. The lowest BCUT2D eigenvalue weighted by molar-refractivity contribution is -0.727. The maximum absolute atomic E-state index is 2.30. The van der Waals surface area contributed by atoms with Crippen molar-refractivity contribution in [3.8, 4) is 22.3 Å². The van der Waals surface area contributed by atoms with Gasteiger partial charge in [-0.3, -0.25) is 0 Å². The normalized spacial score (nSPS) is 9.71. The number of aromatic nitrogens is 4. The molecule has 0 aromatic carbocycles. The standard InChI is InChI=1S/C27H32N4.4ClH/c1-22-20-29(4)16-10-26(22)27-11-19-31(21-23(27)2)13-5-12-30-17-8-25(9-18-30)24-6-14-28(3)15-7-24;;;;/h6-11,14-21H,5,12-13H2,1-4H3;4*1H/q+4;;;;/p-4. The van der Waals surface area contributed by atoms with Gasteiger partial charge in [0.25, 0.3) is 0 Å². The summed E-state index contributed by atoms with van der Waals surface area (Å²) in [5, 5.41) is 0. The molecule has 0 saturated carbocycles. The second-order valence-electron chi connectivity index (χ2n) is 8.42. The number of hydrogen-bond acceptors (Lipinski definition) is 0. The van der Waals surface area contributed by atoms with Crippen molar-refractivity contribution < 1.29 is 67.9 Å². The highest BCUT2D eigenvalue weighted by Crippen LogP contribution is 2.24. The molecule has 4 aromatic heterocycles. The molecule has 0 aliphatic heterocycles. The van der Waals surface area contributed by atoms with Crippen molar-refractivity contribution in [2.45, 2.75) is 33.4 Å². The summed E-state index contributed by atoms with van der Waals surface area (Å²) in [4.78, 5) is 0. The zero-order chi connectivity index (χ0) is 21.8. The number of rotatable bonds is 6. The van der Waals surface area contributed by atoms with Crippen LogP contribution in [0.1, 0.15) is 17.5 Å². The zero-order valence-electron chi connectivity index (χ0n) is 20.5. The fraction of sp³-hybridized carbons (Fsp3) is 0.259. The summed E-state index contributed by atoms with van der Waals surface area (Å²) in [5.74, 6) is 0. The maximum atomic E-state index is 2.30. The summed E-state index contributed by atoms with van der Waals surface area (Å²) in [6, 6.07) is 13.2. The Morgan fingerprint density at radius 1 is 0.514 bits per heavy atom. The van der Waals surface area contributed by atoms with Gasteiger partial charge in [0.2, 0.25) is 0 Å². The minimum absolute atomic E-state index is 0. The lowest BCUT2D eigenvalue weighted by atomic mass is 10.00. The van der Waals surface area contributed by atoms with Crippen molar-refractivity contribution in [3.05, 3.63) is 97.1 Å². The zero-order valence-corrected chi connectivity index (χ0v) is 23.5. The van der Waals surface area contributed by atoms with Crippen LogP contribution in [0, 0.1) is 13.8 Å². The molecule has 4 rings (SSSR count). The van der Waals surface area contributed by atoms with Crippen LogP contribution in [0.25, 0.3) is 22.3 Å². The second-order valence-corrected chi connectivity index (χ2v) is 8.42. The van der Waals surface area contributed by atoms with Gasteiger partial charge in [-0.1, -0.05) is 0 Å². The lowest BCUT2D eigenvalue weighted by Gasteiger charge is -2.07. The second kappa shape index (κ2) is 15.0. The molecule has 0 amide bonds. The smallest absolute Gasteiger partial charge is 0.172 e. The van der Waals surface area contributed by atoms with E-state index in [0.29, 0.717) is 0 Å². The molecule has 0 fully saturated rings. The van der Waals surface area contributed by atoms with Gasteiger partial charge in [-0.2, -0.15) is 0 Å². The van der Waals surface area contributed by atoms with Gasteiger partial charge in [0.1, 0.15) is 14.1 Å². The van der Waals surface area contributed by atoms with E-state index in [1.54, 1.807) is 0 Å². The van der Waals surface area contributed by atoms with Crippen LogP contribution >= 0.6 is 0 Å². The Balaban J connectivity index is 0.00000289. The van der Waals surface area contributed by atoms with Gasteiger partial charge in [0.05, 0.1) is 6.42 Å². The first-order valence-electron chi connectivity index (χ1n) is 10.9. The third-order valence-electron chi connectivity index (χ3n) is 5.84. The van der Waals surface area contributed by atoms with E-state index in [0.717, 1.165) is 19.5 Å². The van der Waals surface area contributed by atoms with Crippen LogP contribution in [0.3, 0.4) is 0 Å². The molecule has 4 nitrogen and oxygen atoms in total. The van der Waals surface area contributed by atoms with Gasteiger partial charge >= 0.3 is 0 Å². The Morgan fingerprint density at radius 2 is 0.943 bits per heavy atom. The van der Waals surface area contributed by atoms with Gasteiger partial charge in [-0.15, -0.1) is 0 Å². The lowest BCUT2D eigenvalue weighted by Crippen LogP contribution is -3.00. The fourth-order valence-corrected chi connectivity index (χ4v) is 4.08. The quantitative estimate of drug-likeness (QED) is 0.211. The monoisotopic (exact) mass is 552 g/mol. The average molecular weight is 554 g/mol. The molecule has 0 radical (unpaired) electrons. The Labute approximate surface area is 233 Å². The van der Waals surface area contributed by atoms with Crippen molar-refractivity contribution in [2.24, 2.45) is 14.1 Å². The van der Waals surface area contributed by atoms with Crippen molar-refractivity contribution in [1.29, 1.82) is 0 Å². The highest BCUT2D eigenvalue weighted by Gasteiger charge is 2.13. The molecule has 188 valence electrons. The number of nitrogens with zero attached hydrogens (tertiary/aromatic N) is 4. The van der Waals surface area contributed by atoms with Crippen LogP contribution in [0.15, 0.2) is 86.0 Å². The first-order chi connectivity index (χ1) is 15.0.